The molecule has 0 bridgehead atoms. The smallest absolute Gasteiger partial charge is 0.328 e. The predicted molar refractivity (Wildman–Crippen MR) is 72.0 cm³/mol. The van der Waals surface area contributed by atoms with E-state index < -0.39 is 12.0 Å². The van der Waals surface area contributed by atoms with Gasteiger partial charge in [-0.05, 0) is 25.1 Å². The van der Waals surface area contributed by atoms with Crippen LogP contribution in [-0.4, -0.2) is 36.0 Å². The van der Waals surface area contributed by atoms with Crippen LogP contribution < -0.4 is 10.6 Å². The highest BCUT2D eigenvalue weighted by Crippen LogP contribution is 2.17. The molecule has 1 atom stereocenters. The van der Waals surface area contributed by atoms with E-state index in [1.807, 2.05) is 0 Å². The third-order valence-corrected chi connectivity index (χ3v) is 3.28. The molecule has 0 saturated heterocycles. The molecule has 1 unspecified atom stereocenters. The van der Waals surface area contributed by atoms with E-state index in [9.17, 15) is 14.4 Å². The minimum Gasteiger partial charge on any atom is -0.478 e. The summed E-state index contributed by atoms with van der Waals surface area (Å²) >= 11 is 1.15. The van der Waals surface area contributed by atoms with Crippen molar-refractivity contribution < 1.29 is 19.5 Å². The van der Waals surface area contributed by atoms with Crippen molar-refractivity contribution in [2.75, 3.05) is 7.05 Å². The maximum absolute atomic E-state index is 11.8. The lowest BCUT2D eigenvalue weighted by Crippen LogP contribution is -2.43. The predicted octanol–water partition coefficient (Wildman–Crippen LogP) is 0.710. The Labute approximate surface area is 114 Å². The number of nitrogens with one attached hydrogen (secondary N) is 2. The van der Waals surface area contributed by atoms with Gasteiger partial charge in [0.2, 0.25) is 5.91 Å². The van der Waals surface area contributed by atoms with Crippen LogP contribution in [0.4, 0.5) is 0 Å². The van der Waals surface area contributed by atoms with Gasteiger partial charge in [0, 0.05) is 18.0 Å². The number of carbonyl (C=O) groups excluding carboxylic acids is 2. The molecule has 0 aliphatic rings. The number of hydrogen-bond donors (Lipinski definition) is 3. The molecule has 2 amide bonds. The summed E-state index contributed by atoms with van der Waals surface area (Å²) in [5.41, 5.74) is 0. The zero-order valence-electron chi connectivity index (χ0n) is 10.5. The molecule has 1 rings (SSSR count). The summed E-state index contributed by atoms with van der Waals surface area (Å²) in [6.45, 7) is 1.58. The van der Waals surface area contributed by atoms with Crippen LogP contribution in [0.25, 0.3) is 6.08 Å². The zero-order valence-corrected chi connectivity index (χ0v) is 11.3. The second-order valence-corrected chi connectivity index (χ2v) is 4.80. The van der Waals surface area contributed by atoms with Crippen LogP contribution in [0.5, 0.6) is 0 Å². The molecule has 6 nitrogen and oxygen atoms in total. The lowest BCUT2D eigenvalue weighted by Gasteiger charge is -2.10. The fourth-order valence-corrected chi connectivity index (χ4v) is 2.08. The molecule has 19 heavy (non-hydrogen) atoms. The minimum absolute atomic E-state index is 0.282. The Morgan fingerprint density at radius 3 is 2.63 bits per heavy atom. The van der Waals surface area contributed by atoms with Gasteiger partial charge >= 0.3 is 5.97 Å². The Bertz CT molecular complexity index is 522. The van der Waals surface area contributed by atoms with E-state index in [2.05, 4.69) is 10.6 Å². The molecule has 0 aromatic carbocycles. The van der Waals surface area contributed by atoms with Crippen molar-refractivity contribution >= 4 is 35.2 Å². The third kappa shape index (κ3) is 4.55. The van der Waals surface area contributed by atoms with Crippen LogP contribution in [0.15, 0.2) is 18.2 Å². The number of likely N-dealkylation sites (N-methyl/N-ethyl adjacent to an activating group) is 1. The van der Waals surface area contributed by atoms with E-state index in [1.165, 1.54) is 13.1 Å². The standard InChI is InChI=1S/C12H14N2O4S/c1-7(11(17)13-2)14-12(18)9-5-3-8(19-9)4-6-10(15)16/h3-7H,1-2H3,(H,13,17)(H,14,18)(H,15,16)/b6-4+. The van der Waals surface area contributed by atoms with Crippen molar-refractivity contribution in [2.45, 2.75) is 13.0 Å². The number of aliphatic carboxylic acids is 1. The van der Waals surface area contributed by atoms with Crippen LogP contribution in [0.2, 0.25) is 0 Å². The fraction of sp³-hybridized carbons (Fsp3) is 0.250. The van der Waals surface area contributed by atoms with Gasteiger partial charge in [-0.2, -0.15) is 0 Å². The van der Waals surface area contributed by atoms with Crippen molar-refractivity contribution in [2.24, 2.45) is 0 Å². The number of amides is 2. The summed E-state index contributed by atoms with van der Waals surface area (Å²) in [5, 5.41) is 13.5. The minimum atomic E-state index is -1.05. The van der Waals surface area contributed by atoms with Crippen LogP contribution in [0, 0.1) is 0 Å². The first-order valence-corrected chi connectivity index (χ1v) is 6.29. The topological polar surface area (TPSA) is 95.5 Å². The van der Waals surface area contributed by atoms with Crippen LogP contribution in [0.3, 0.4) is 0 Å². The SMILES string of the molecule is CNC(=O)C(C)NC(=O)c1ccc(/C=C/C(=O)O)s1. The lowest BCUT2D eigenvalue weighted by atomic mass is 10.3. The normalized spacial score (nSPS) is 12.1. The van der Waals surface area contributed by atoms with Crippen molar-refractivity contribution in [3.63, 3.8) is 0 Å². The molecule has 0 aliphatic carbocycles. The summed E-state index contributed by atoms with van der Waals surface area (Å²) in [6, 6.07) is 2.60. The maximum atomic E-state index is 11.8. The van der Waals surface area contributed by atoms with Crippen LogP contribution >= 0.6 is 11.3 Å². The van der Waals surface area contributed by atoms with Gasteiger partial charge in [0.1, 0.15) is 6.04 Å². The zero-order chi connectivity index (χ0) is 14.4. The summed E-state index contributed by atoms with van der Waals surface area (Å²) in [6.07, 6.45) is 2.41. The molecule has 7 heteroatoms. The molecule has 1 aromatic heterocycles. The average molecular weight is 282 g/mol. The number of rotatable bonds is 5. The first-order chi connectivity index (χ1) is 8.93. The Morgan fingerprint density at radius 1 is 1.37 bits per heavy atom. The van der Waals surface area contributed by atoms with E-state index in [0.717, 1.165) is 17.4 Å². The Balaban J connectivity index is 2.68. The molecular weight excluding hydrogens is 268 g/mol. The highest BCUT2D eigenvalue weighted by atomic mass is 32.1. The number of carbonyl (C=O) groups is 3. The molecule has 102 valence electrons. The van der Waals surface area contributed by atoms with Crippen molar-refractivity contribution in [1.82, 2.24) is 10.6 Å². The fourth-order valence-electron chi connectivity index (χ4n) is 1.27. The van der Waals surface area contributed by atoms with Gasteiger partial charge in [-0.1, -0.05) is 0 Å². The van der Waals surface area contributed by atoms with Gasteiger partial charge in [-0.25, -0.2) is 4.79 Å². The van der Waals surface area contributed by atoms with E-state index in [4.69, 9.17) is 5.11 Å². The first-order valence-electron chi connectivity index (χ1n) is 5.47. The van der Waals surface area contributed by atoms with Crippen LogP contribution in [0.1, 0.15) is 21.5 Å². The van der Waals surface area contributed by atoms with E-state index in [-0.39, 0.29) is 11.8 Å². The third-order valence-electron chi connectivity index (χ3n) is 2.23. The van der Waals surface area contributed by atoms with Gasteiger partial charge in [0.15, 0.2) is 0 Å². The molecule has 1 aromatic rings. The summed E-state index contributed by atoms with van der Waals surface area (Å²) in [5.74, 6) is -1.69. The first kappa shape index (κ1) is 14.9. The van der Waals surface area contributed by atoms with Crippen molar-refractivity contribution in [3.8, 4) is 0 Å². The average Bonchev–Trinajstić information content (AvgIpc) is 2.84. The van der Waals surface area contributed by atoms with E-state index >= 15 is 0 Å². The highest BCUT2D eigenvalue weighted by molar-refractivity contribution is 7.14. The van der Waals surface area contributed by atoms with Crippen molar-refractivity contribution in [3.05, 3.63) is 28.0 Å². The number of thiophene rings is 1. The van der Waals surface area contributed by atoms with Gasteiger partial charge in [-0.15, -0.1) is 11.3 Å². The van der Waals surface area contributed by atoms with Gasteiger partial charge in [0.25, 0.3) is 5.91 Å². The van der Waals surface area contributed by atoms with E-state index in [0.29, 0.717) is 9.75 Å². The van der Waals surface area contributed by atoms with Gasteiger partial charge < -0.3 is 15.7 Å². The Hall–Kier alpha value is -2.15. The molecular formula is C12H14N2O4S. The largest absolute Gasteiger partial charge is 0.478 e. The number of hydrogen-bond acceptors (Lipinski definition) is 4. The molecule has 0 saturated carbocycles. The Kier molecular flexibility index (Phi) is 5.25. The second kappa shape index (κ2) is 6.69. The molecule has 1 heterocycles. The lowest BCUT2D eigenvalue weighted by molar-refractivity contribution is -0.131. The number of carboxylic acid groups (broad SMARTS) is 1. The maximum Gasteiger partial charge on any atom is 0.328 e. The Morgan fingerprint density at radius 2 is 2.05 bits per heavy atom. The van der Waals surface area contributed by atoms with Crippen molar-refractivity contribution in [1.29, 1.82) is 0 Å². The molecule has 0 spiro atoms. The second-order valence-electron chi connectivity index (χ2n) is 3.68. The van der Waals surface area contributed by atoms with Crippen LogP contribution in [-0.2, 0) is 9.59 Å². The molecule has 0 fully saturated rings. The molecule has 0 radical (unpaired) electrons. The van der Waals surface area contributed by atoms with E-state index in [1.54, 1.807) is 19.1 Å². The summed E-state index contributed by atoms with van der Waals surface area (Å²) in [4.78, 5) is 34.5. The molecule has 0 aliphatic heterocycles. The summed E-state index contributed by atoms with van der Waals surface area (Å²) in [7, 11) is 1.49. The van der Waals surface area contributed by atoms with Gasteiger partial charge in [0.05, 0.1) is 4.88 Å². The highest BCUT2D eigenvalue weighted by Gasteiger charge is 2.16. The van der Waals surface area contributed by atoms with Gasteiger partial charge in [-0.3, -0.25) is 9.59 Å². The summed E-state index contributed by atoms with van der Waals surface area (Å²) < 4.78 is 0. The quantitative estimate of drug-likeness (QED) is 0.693. The number of carboxylic acids is 1. The molecule has 3 N–H and O–H groups in total. The monoisotopic (exact) mass is 282 g/mol.